The molecule has 0 radical (unpaired) electrons. The van der Waals surface area contributed by atoms with Crippen LogP contribution in [0.3, 0.4) is 0 Å². The van der Waals surface area contributed by atoms with Crippen molar-refractivity contribution in [3.63, 3.8) is 0 Å². The molecule has 4 atom stereocenters. The number of aliphatic hydroxyl groups excluding tert-OH is 1. The zero-order chi connectivity index (χ0) is 17.2. The molecule has 1 aromatic rings. The molecule has 2 aliphatic heterocycles. The van der Waals surface area contributed by atoms with E-state index >= 15 is 0 Å². The van der Waals surface area contributed by atoms with Gasteiger partial charge < -0.3 is 19.9 Å². The Kier molecular flexibility index (Phi) is 5.15. The van der Waals surface area contributed by atoms with Crippen molar-refractivity contribution in [1.82, 2.24) is 10.2 Å². The number of hydrogen-bond acceptors (Lipinski definition) is 5. The van der Waals surface area contributed by atoms with E-state index < -0.39 is 0 Å². The van der Waals surface area contributed by atoms with Crippen molar-refractivity contribution >= 4 is 0 Å². The molecular weight excluding hydrogens is 316 g/mol. The van der Waals surface area contributed by atoms with Gasteiger partial charge in [-0.2, -0.15) is 0 Å². The topological polar surface area (TPSA) is 54.0 Å². The average Bonchev–Trinajstić information content (AvgIpc) is 3.27. The largest absolute Gasteiger partial charge is 0.496 e. The number of nitrogens with zero attached hydrogens (tertiary/aromatic N) is 1. The maximum atomic E-state index is 10.5. The molecule has 2 saturated heterocycles. The summed E-state index contributed by atoms with van der Waals surface area (Å²) in [4.78, 5) is 2.46. The second kappa shape index (κ2) is 7.52. The normalized spacial score (nSPS) is 32.6. The molecule has 0 unspecified atom stereocenters. The zero-order valence-electron chi connectivity index (χ0n) is 15.1. The highest BCUT2D eigenvalue weighted by Gasteiger charge is 2.39. The number of nitrogens with one attached hydrogen (secondary N) is 1. The first-order valence-corrected chi connectivity index (χ1v) is 9.67. The van der Waals surface area contributed by atoms with Crippen LogP contribution < -0.4 is 14.8 Å². The van der Waals surface area contributed by atoms with Gasteiger partial charge >= 0.3 is 0 Å². The fourth-order valence-electron chi connectivity index (χ4n) is 4.69. The van der Waals surface area contributed by atoms with Crippen molar-refractivity contribution in [1.29, 1.82) is 0 Å². The van der Waals surface area contributed by atoms with Crippen LogP contribution in [0.4, 0.5) is 0 Å². The number of ether oxygens (including phenoxy) is 2. The van der Waals surface area contributed by atoms with E-state index in [-0.39, 0.29) is 12.2 Å². The maximum absolute atomic E-state index is 10.5. The Hall–Kier alpha value is -1.30. The van der Waals surface area contributed by atoms with Crippen molar-refractivity contribution in [2.24, 2.45) is 11.8 Å². The van der Waals surface area contributed by atoms with Gasteiger partial charge in [-0.1, -0.05) is 0 Å². The second-order valence-electron chi connectivity index (χ2n) is 7.83. The first-order chi connectivity index (χ1) is 12.2. The Morgan fingerprint density at radius 3 is 2.68 bits per heavy atom. The highest BCUT2D eigenvalue weighted by atomic mass is 16.5. The molecule has 5 heteroatoms. The van der Waals surface area contributed by atoms with Crippen molar-refractivity contribution in [3.8, 4) is 11.5 Å². The number of methoxy groups -OCH3 is 1. The number of hydrogen-bond donors (Lipinski definition) is 2. The van der Waals surface area contributed by atoms with Crippen molar-refractivity contribution in [3.05, 3.63) is 23.8 Å². The molecule has 3 aliphatic rings. The molecule has 25 heavy (non-hydrogen) atoms. The van der Waals surface area contributed by atoms with Crippen molar-refractivity contribution in [2.45, 2.75) is 44.4 Å². The van der Waals surface area contributed by atoms with E-state index in [1.165, 1.54) is 18.4 Å². The first-order valence-electron chi connectivity index (χ1n) is 9.67. The van der Waals surface area contributed by atoms with Gasteiger partial charge in [-0.25, -0.2) is 0 Å². The third-order valence-corrected chi connectivity index (χ3v) is 6.12. The van der Waals surface area contributed by atoms with E-state index in [1.54, 1.807) is 7.11 Å². The first kappa shape index (κ1) is 17.1. The fraction of sp³-hybridized carbons (Fsp3) is 0.700. The van der Waals surface area contributed by atoms with Crippen LogP contribution in [0.2, 0.25) is 0 Å². The van der Waals surface area contributed by atoms with Gasteiger partial charge in [0.05, 0.1) is 13.2 Å². The van der Waals surface area contributed by atoms with Gasteiger partial charge in [-0.15, -0.1) is 0 Å². The molecule has 0 amide bonds. The van der Waals surface area contributed by atoms with E-state index in [4.69, 9.17) is 9.47 Å². The lowest BCUT2D eigenvalue weighted by atomic mass is 9.78. The summed E-state index contributed by atoms with van der Waals surface area (Å²) in [6.07, 6.45) is 3.87. The van der Waals surface area contributed by atoms with Gasteiger partial charge in [0.1, 0.15) is 17.6 Å². The smallest absolute Gasteiger partial charge is 0.125 e. The molecular formula is C20H30N2O3. The third-order valence-electron chi connectivity index (χ3n) is 6.12. The summed E-state index contributed by atoms with van der Waals surface area (Å²) >= 11 is 0. The number of aliphatic hydroxyl groups is 1. The van der Waals surface area contributed by atoms with Gasteiger partial charge in [0.2, 0.25) is 0 Å². The lowest BCUT2D eigenvalue weighted by Crippen LogP contribution is -2.42. The fourth-order valence-corrected chi connectivity index (χ4v) is 4.69. The lowest BCUT2D eigenvalue weighted by Gasteiger charge is -2.35. The van der Waals surface area contributed by atoms with Crippen molar-refractivity contribution < 1.29 is 14.6 Å². The van der Waals surface area contributed by atoms with E-state index in [2.05, 4.69) is 16.3 Å². The summed E-state index contributed by atoms with van der Waals surface area (Å²) in [6, 6.07) is 6.07. The minimum Gasteiger partial charge on any atom is -0.496 e. The molecule has 1 aromatic carbocycles. The highest BCUT2D eigenvalue weighted by Crippen LogP contribution is 2.35. The molecule has 3 fully saturated rings. The molecule has 2 heterocycles. The summed E-state index contributed by atoms with van der Waals surface area (Å²) < 4.78 is 11.8. The quantitative estimate of drug-likeness (QED) is 0.854. The Balaban J connectivity index is 1.46. The predicted octanol–water partition coefficient (Wildman–Crippen LogP) is 2.03. The van der Waals surface area contributed by atoms with Gasteiger partial charge in [-0.3, -0.25) is 4.90 Å². The van der Waals surface area contributed by atoms with Crippen LogP contribution in [-0.2, 0) is 6.54 Å². The summed E-state index contributed by atoms with van der Waals surface area (Å²) in [7, 11) is 1.72. The molecule has 4 rings (SSSR count). The van der Waals surface area contributed by atoms with E-state index in [0.717, 1.165) is 57.1 Å². The Labute approximate surface area is 150 Å². The molecule has 138 valence electrons. The monoisotopic (exact) mass is 346 g/mol. The molecule has 5 nitrogen and oxygen atoms in total. The third kappa shape index (κ3) is 3.78. The highest BCUT2D eigenvalue weighted by molar-refractivity contribution is 5.40. The van der Waals surface area contributed by atoms with Crippen LogP contribution >= 0.6 is 0 Å². The molecule has 2 N–H and O–H groups in total. The average molecular weight is 346 g/mol. The van der Waals surface area contributed by atoms with Crippen LogP contribution in [0.5, 0.6) is 11.5 Å². The summed E-state index contributed by atoms with van der Waals surface area (Å²) in [5.41, 5.74) is 1.17. The van der Waals surface area contributed by atoms with Gasteiger partial charge in [0, 0.05) is 12.1 Å². The summed E-state index contributed by atoms with van der Waals surface area (Å²) in [5, 5.41) is 13.9. The van der Waals surface area contributed by atoms with Crippen LogP contribution in [0.25, 0.3) is 0 Å². The standard InChI is InChI=1S/C20H30N2O3/c1-24-19-5-4-17(8-16(19)13-22-6-2-3-7-22)25-20-10-15-12-21-11-14(15)9-18(20)23/h4-5,8,14-15,18,20-21,23H,2-3,6-7,9-13H2,1H3/t14-,15+,18+,20+/m0/s1. The Morgan fingerprint density at radius 2 is 1.92 bits per heavy atom. The van der Waals surface area contributed by atoms with Crippen molar-refractivity contribution in [2.75, 3.05) is 33.3 Å². The molecule has 0 aromatic heterocycles. The number of benzene rings is 1. The van der Waals surface area contributed by atoms with Crippen LogP contribution in [0.15, 0.2) is 18.2 Å². The predicted molar refractivity (Wildman–Crippen MR) is 97.0 cm³/mol. The molecule has 1 aliphatic carbocycles. The Bertz CT molecular complexity index is 588. The molecule has 1 saturated carbocycles. The molecule has 0 spiro atoms. The minimum absolute atomic E-state index is 0.103. The van der Waals surface area contributed by atoms with E-state index in [0.29, 0.717) is 11.8 Å². The van der Waals surface area contributed by atoms with Crippen LogP contribution in [-0.4, -0.2) is 55.5 Å². The zero-order valence-corrected chi connectivity index (χ0v) is 15.1. The van der Waals surface area contributed by atoms with Crippen LogP contribution in [0, 0.1) is 11.8 Å². The summed E-state index contributed by atoms with van der Waals surface area (Å²) in [6.45, 7) is 5.32. The Morgan fingerprint density at radius 1 is 1.16 bits per heavy atom. The van der Waals surface area contributed by atoms with Gasteiger partial charge in [-0.05, 0) is 81.9 Å². The van der Waals surface area contributed by atoms with E-state index in [9.17, 15) is 5.11 Å². The van der Waals surface area contributed by atoms with Gasteiger partial charge in [0.25, 0.3) is 0 Å². The van der Waals surface area contributed by atoms with E-state index in [1.807, 2.05) is 12.1 Å². The SMILES string of the molecule is COc1ccc(O[C@@H]2C[C@@H]3CNC[C@@H]3C[C@H]2O)cc1CN1CCCC1. The van der Waals surface area contributed by atoms with Crippen LogP contribution in [0.1, 0.15) is 31.2 Å². The lowest BCUT2D eigenvalue weighted by molar-refractivity contribution is -0.0232. The number of likely N-dealkylation sites (tertiary alicyclic amines) is 1. The number of fused-ring (bicyclic) bond motifs is 1. The maximum Gasteiger partial charge on any atom is 0.125 e. The van der Waals surface area contributed by atoms with Gasteiger partial charge in [0.15, 0.2) is 0 Å². The molecule has 0 bridgehead atoms. The number of rotatable bonds is 5. The summed E-state index contributed by atoms with van der Waals surface area (Å²) in [5.74, 6) is 3.01. The second-order valence-corrected chi connectivity index (χ2v) is 7.83. The minimum atomic E-state index is -0.370.